The first kappa shape index (κ1) is 16.8. The number of hydrogen-bond acceptors (Lipinski definition) is 3. The van der Waals surface area contributed by atoms with Crippen LogP contribution in [-0.2, 0) is 0 Å². The molecule has 14 aromatic rings. The van der Waals surface area contributed by atoms with E-state index >= 15 is 0 Å². The Morgan fingerprint density at radius 1 is 0.375 bits per heavy atom. The zero-order chi connectivity index (χ0) is 68.9. The Balaban J connectivity index is 1.07. The zero-order valence-electron chi connectivity index (χ0n) is 63.0. The van der Waals surface area contributed by atoms with Crippen molar-refractivity contribution in [3.63, 3.8) is 0 Å². The molecule has 0 N–H and O–H groups in total. The van der Waals surface area contributed by atoms with E-state index in [0.717, 1.165) is 26.8 Å². The van der Waals surface area contributed by atoms with Crippen LogP contribution < -0.4 is 0 Å². The van der Waals surface area contributed by atoms with Crippen LogP contribution in [0.5, 0.6) is 0 Å². The Bertz CT molecular complexity index is 5960. The van der Waals surface area contributed by atoms with Crippen molar-refractivity contribution in [3.8, 4) is 39.4 Å². The summed E-state index contributed by atoms with van der Waals surface area (Å²) in [6.07, 6.45) is 1.05. The van der Waals surface area contributed by atoms with Gasteiger partial charge in [-0.15, -0.1) is 11.3 Å². The van der Waals surface area contributed by atoms with Crippen LogP contribution in [0.15, 0.2) is 212 Å². The minimum absolute atomic E-state index is 0.115. The maximum atomic E-state index is 10.2. The highest BCUT2D eigenvalue weighted by atomic mass is 32.1. The molecule has 0 bridgehead atoms. The number of benzene rings is 9. The molecule has 0 spiro atoms. The molecule has 5 heterocycles. The molecule has 0 fully saturated rings. The van der Waals surface area contributed by atoms with Crippen LogP contribution in [-0.4, -0.2) is 23.7 Å². The van der Waals surface area contributed by atoms with Crippen LogP contribution in [0.4, 0.5) is 0 Å². The van der Waals surface area contributed by atoms with Crippen molar-refractivity contribution >= 4 is 97.1 Å². The summed E-state index contributed by atoms with van der Waals surface area (Å²) >= 11 is 1.00. The maximum absolute atomic E-state index is 10.2. The van der Waals surface area contributed by atoms with Crippen molar-refractivity contribution in [1.29, 1.82) is 0 Å². The zero-order valence-corrected chi connectivity index (χ0v) is 32.8. The van der Waals surface area contributed by atoms with E-state index in [1.807, 2.05) is 0 Å². The molecule has 6 heteroatoms. The van der Waals surface area contributed by atoms with E-state index in [-0.39, 0.29) is 43.4 Å². The predicted octanol–water partition coefficient (Wildman–Crippen LogP) is 15.5. The van der Waals surface area contributed by atoms with E-state index in [2.05, 4.69) is 9.97 Å². The monoisotopic (exact) mass is 864 g/mol. The Kier molecular flexibility index (Phi) is 3.56. The normalized spacial score (nSPS) is 18.8. The third kappa shape index (κ3) is 5.11. The average Bonchev–Trinajstić information content (AvgIpc) is 1.55. The summed E-state index contributed by atoms with van der Waals surface area (Å²) in [5.41, 5.74) is -6.55. The standard InChI is InChI=1S/C58H35N5S/c1-2-14-39(15-3-1)61-52-24-11-7-20-45(52)47-32-36(26-29-53(47)61)37-25-28-46-44-19-6-10-23-51(44)63(54(46)33-37)40-16-12-13-38(31-40)56-58-57(60-35-59-56)48-34-41(27-30-55(48)64-58)62-49-21-8-4-17-42(49)43-18-5-9-22-50(43)62/h1-35H/i1D,2D,3D,4D,5D,6D,7D,8D,9D,10D,11D,12D,13D,14D,15D,16D,17D,18D,19D,20D,21D,22D,23D,24D,25D,26D,28D,29D,31D,32D,33D. The fourth-order valence-electron chi connectivity index (χ4n) is 8.20. The number of hydrogen-bond donors (Lipinski definition) is 0. The molecular formula is C58H35N5S. The highest BCUT2D eigenvalue weighted by molar-refractivity contribution is 7.26. The minimum Gasteiger partial charge on any atom is -0.309 e. The number of para-hydroxylation sites is 5. The Hall–Kier alpha value is -8.32. The fourth-order valence-corrected chi connectivity index (χ4v) is 9.34. The van der Waals surface area contributed by atoms with Crippen molar-refractivity contribution in [2.75, 3.05) is 0 Å². The smallest absolute Gasteiger partial charge is 0.116 e. The molecule has 0 amide bonds. The molecule has 64 heavy (non-hydrogen) atoms. The second kappa shape index (κ2) is 13.6. The molecule has 0 saturated carbocycles. The second-order valence-electron chi connectivity index (χ2n) is 14.2. The molecule has 298 valence electrons. The summed E-state index contributed by atoms with van der Waals surface area (Å²) in [5.74, 6) is 0. The van der Waals surface area contributed by atoms with Gasteiger partial charge in [0, 0.05) is 65.0 Å². The molecule has 5 aromatic heterocycles. The first-order valence-corrected chi connectivity index (χ1v) is 19.9. The lowest BCUT2D eigenvalue weighted by Gasteiger charge is -2.11. The molecule has 0 atom stereocenters. The molecular weight excluding hydrogens is 799 g/mol. The van der Waals surface area contributed by atoms with E-state index in [1.54, 1.807) is 6.07 Å². The third-order valence-electron chi connectivity index (χ3n) is 10.9. The number of thiophene rings is 1. The molecule has 0 radical (unpaired) electrons. The van der Waals surface area contributed by atoms with Gasteiger partial charge in [-0.25, -0.2) is 9.97 Å². The molecule has 0 aliphatic carbocycles. The van der Waals surface area contributed by atoms with Crippen molar-refractivity contribution in [2.24, 2.45) is 0 Å². The summed E-state index contributed by atoms with van der Waals surface area (Å²) in [4.78, 5) is 9.05. The SMILES string of the molecule is [2H]c1c([2H])c([2H])c(-n2c3c([2H])c([2H])c([2H])c([2H])c3c3c([2H])c(-c4c([2H])c([2H])c5c6c([2H])c([2H])c([2H])c([2H])c6n(-c6c([2H])c([2H])c([2H])c(-c7ncnc8c7sc7ccc(-n9c%10c([2H])c([2H])c([2H])c([2H])c%10c%10c([2H])c([2H])c([2H])c([2H])c%109)cc78)c6[2H])c5c4[2H])c([2H])c([2H])c32)c([2H])c1[2H]. The van der Waals surface area contributed by atoms with Crippen LogP contribution in [0, 0.1) is 0 Å². The molecule has 0 unspecified atom stereocenters. The number of aromatic nitrogens is 5. The van der Waals surface area contributed by atoms with E-state index < -0.39 is 259 Å². The van der Waals surface area contributed by atoms with Crippen LogP contribution in [0.25, 0.3) is 125 Å². The minimum atomic E-state index is -1.04. The second-order valence-corrected chi connectivity index (χ2v) is 15.3. The first-order valence-electron chi connectivity index (χ1n) is 34.6. The van der Waals surface area contributed by atoms with Gasteiger partial charge in [0.15, 0.2) is 0 Å². The summed E-state index contributed by atoms with van der Waals surface area (Å²) in [7, 11) is 0. The van der Waals surface area contributed by atoms with Crippen LogP contribution in [0.3, 0.4) is 0 Å². The van der Waals surface area contributed by atoms with E-state index in [9.17, 15) is 16.4 Å². The Morgan fingerprint density at radius 3 is 1.62 bits per heavy atom. The van der Waals surface area contributed by atoms with Crippen molar-refractivity contribution in [2.45, 2.75) is 0 Å². The van der Waals surface area contributed by atoms with Crippen molar-refractivity contribution in [1.82, 2.24) is 23.7 Å². The summed E-state index contributed by atoms with van der Waals surface area (Å²) in [6, 6.07) is -21.2. The van der Waals surface area contributed by atoms with Gasteiger partial charge in [0.05, 0.1) is 91.5 Å². The highest BCUT2D eigenvalue weighted by Gasteiger charge is 2.19. The molecule has 0 aliphatic rings. The topological polar surface area (TPSA) is 40.6 Å². The fraction of sp³-hybridized carbons (Fsp3) is 0. The molecule has 0 saturated heterocycles. The van der Waals surface area contributed by atoms with Crippen molar-refractivity contribution < 1.29 is 42.5 Å². The summed E-state index contributed by atoms with van der Waals surface area (Å²) in [5, 5.41) is -2.36. The molecule has 0 aliphatic heterocycles. The van der Waals surface area contributed by atoms with Crippen LogP contribution in [0.2, 0.25) is 0 Å². The van der Waals surface area contributed by atoms with Crippen molar-refractivity contribution in [3.05, 3.63) is 212 Å². The van der Waals surface area contributed by atoms with Gasteiger partial charge < -0.3 is 13.7 Å². The number of rotatable bonds is 5. The van der Waals surface area contributed by atoms with Gasteiger partial charge in [-0.3, -0.25) is 0 Å². The number of fused-ring (bicyclic) bond motifs is 12. The Morgan fingerprint density at radius 2 is 0.922 bits per heavy atom. The summed E-state index contributed by atoms with van der Waals surface area (Å²) in [6.45, 7) is 0. The lowest BCUT2D eigenvalue weighted by molar-refractivity contribution is 1.17. The third-order valence-corrected chi connectivity index (χ3v) is 12.0. The van der Waals surface area contributed by atoms with E-state index in [1.165, 1.54) is 16.7 Å². The van der Waals surface area contributed by atoms with Gasteiger partial charge in [0.2, 0.25) is 0 Å². The lowest BCUT2D eigenvalue weighted by atomic mass is 10.0. The first-order chi connectivity index (χ1) is 44.7. The van der Waals surface area contributed by atoms with E-state index in [0.29, 0.717) is 10.1 Å². The van der Waals surface area contributed by atoms with Gasteiger partial charge in [0.25, 0.3) is 0 Å². The van der Waals surface area contributed by atoms with Crippen LogP contribution in [0.1, 0.15) is 42.5 Å². The Labute approximate surface area is 414 Å². The van der Waals surface area contributed by atoms with Crippen LogP contribution >= 0.6 is 11.3 Å². The summed E-state index contributed by atoms with van der Waals surface area (Å²) < 4.78 is 286. The largest absolute Gasteiger partial charge is 0.309 e. The average molecular weight is 865 g/mol. The van der Waals surface area contributed by atoms with Gasteiger partial charge in [-0.1, -0.05) is 121 Å². The highest BCUT2D eigenvalue weighted by Crippen LogP contribution is 2.42. The predicted molar refractivity (Wildman–Crippen MR) is 269 cm³/mol. The molecule has 9 aromatic carbocycles. The van der Waals surface area contributed by atoms with Gasteiger partial charge >= 0.3 is 0 Å². The molecule has 5 nitrogen and oxygen atoms in total. The molecule has 14 rings (SSSR count). The lowest BCUT2D eigenvalue weighted by Crippen LogP contribution is -1.95. The number of nitrogens with zero attached hydrogens (tertiary/aromatic N) is 5. The van der Waals surface area contributed by atoms with Gasteiger partial charge in [-0.2, -0.15) is 0 Å². The van der Waals surface area contributed by atoms with Gasteiger partial charge in [-0.05, 0) is 95.8 Å². The maximum Gasteiger partial charge on any atom is 0.116 e. The van der Waals surface area contributed by atoms with Gasteiger partial charge in [0.1, 0.15) is 6.33 Å². The quantitative estimate of drug-likeness (QED) is 0.173. The van der Waals surface area contributed by atoms with E-state index in [4.69, 9.17) is 26.0 Å².